The first-order valence-electron chi connectivity index (χ1n) is 11.8. The number of aromatic nitrogens is 2. The zero-order chi connectivity index (χ0) is 27.7. The maximum absolute atomic E-state index is 14.7. The number of halogens is 6. The largest absolute Gasteiger partial charge is 0.441 e. The SMILES string of the molecule is Cc1nc2cc(C(c3ccc4oc(-c5ccc(C)c6ccccc56)nc4c3)(C(F)(F)F)C(F)(F)F)ccc2o1. The molecule has 0 bridgehead atoms. The highest BCUT2D eigenvalue weighted by atomic mass is 19.4. The van der Waals surface area contributed by atoms with Gasteiger partial charge in [0.25, 0.3) is 0 Å². The number of aryl methyl sites for hydroxylation is 2. The Morgan fingerprint density at radius 1 is 0.615 bits per heavy atom. The number of rotatable bonds is 3. The van der Waals surface area contributed by atoms with Crippen molar-refractivity contribution in [3.05, 3.63) is 95.4 Å². The monoisotopic (exact) mass is 540 g/mol. The Hall–Kier alpha value is -4.34. The molecule has 0 saturated heterocycles. The molecule has 39 heavy (non-hydrogen) atoms. The highest BCUT2D eigenvalue weighted by Crippen LogP contribution is 2.56. The highest BCUT2D eigenvalue weighted by Gasteiger charge is 2.72. The Labute approximate surface area is 216 Å². The van der Waals surface area contributed by atoms with Crippen LogP contribution in [-0.2, 0) is 5.41 Å². The van der Waals surface area contributed by atoms with Gasteiger partial charge in [-0.1, -0.05) is 42.5 Å². The summed E-state index contributed by atoms with van der Waals surface area (Å²) in [5, 5.41) is 1.71. The summed E-state index contributed by atoms with van der Waals surface area (Å²) in [6, 6.07) is 16.3. The van der Waals surface area contributed by atoms with Crippen molar-refractivity contribution in [2.45, 2.75) is 31.6 Å². The predicted molar refractivity (Wildman–Crippen MR) is 133 cm³/mol. The zero-order valence-electron chi connectivity index (χ0n) is 20.4. The number of nitrogens with zero attached hydrogens (tertiary/aromatic N) is 2. The molecule has 0 N–H and O–H groups in total. The van der Waals surface area contributed by atoms with Gasteiger partial charge in [0.2, 0.25) is 11.3 Å². The third-order valence-corrected chi connectivity index (χ3v) is 6.97. The van der Waals surface area contributed by atoms with Crippen LogP contribution in [-0.4, -0.2) is 22.3 Å². The van der Waals surface area contributed by atoms with E-state index in [9.17, 15) is 26.3 Å². The van der Waals surface area contributed by atoms with Gasteiger partial charge in [0.1, 0.15) is 11.0 Å². The molecule has 0 amide bonds. The van der Waals surface area contributed by atoms with Gasteiger partial charge in [-0.3, -0.25) is 0 Å². The number of oxazole rings is 2. The van der Waals surface area contributed by atoms with Crippen LogP contribution in [0, 0.1) is 13.8 Å². The molecule has 4 aromatic carbocycles. The first-order chi connectivity index (χ1) is 18.4. The summed E-state index contributed by atoms with van der Waals surface area (Å²) >= 11 is 0. The molecule has 0 fully saturated rings. The fraction of sp³-hybridized carbons (Fsp3) is 0.172. The number of hydrogen-bond donors (Lipinski definition) is 0. The minimum atomic E-state index is -5.76. The molecular weight excluding hydrogens is 522 g/mol. The second-order valence-electron chi connectivity index (χ2n) is 9.34. The number of hydrogen-bond acceptors (Lipinski definition) is 4. The summed E-state index contributed by atoms with van der Waals surface area (Å²) in [5.41, 5.74) is -4.98. The summed E-state index contributed by atoms with van der Waals surface area (Å²) in [4.78, 5) is 8.25. The van der Waals surface area contributed by atoms with E-state index in [1.807, 2.05) is 37.3 Å². The van der Waals surface area contributed by atoms with Gasteiger partial charge in [-0.15, -0.1) is 0 Å². The summed E-state index contributed by atoms with van der Waals surface area (Å²) in [7, 11) is 0. The molecule has 2 aromatic heterocycles. The molecule has 0 unspecified atom stereocenters. The lowest BCUT2D eigenvalue weighted by Gasteiger charge is -2.38. The molecule has 0 aliphatic heterocycles. The lowest BCUT2D eigenvalue weighted by atomic mass is 9.72. The van der Waals surface area contributed by atoms with E-state index in [0.29, 0.717) is 5.56 Å². The fourth-order valence-electron chi connectivity index (χ4n) is 5.17. The maximum atomic E-state index is 14.7. The van der Waals surface area contributed by atoms with Crippen LogP contribution in [0.4, 0.5) is 26.3 Å². The second-order valence-corrected chi connectivity index (χ2v) is 9.34. The van der Waals surface area contributed by atoms with Crippen molar-refractivity contribution in [1.29, 1.82) is 0 Å². The highest BCUT2D eigenvalue weighted by molar-refractivity contribution is 5.97. The van der Waals surface area contributed by atoms with Crippen molar-refractivity contribution < 1.29 is 35.2 Å². The summed E-state index contributed by atoms with van der Waals surface area (Å²) in [6.07, 6.45) is -11.5. The summed E-state index contributed by atoms with van der Waals surface area (Å²) in [5.74, 6) is 0.203. The average molecular weight is 540 g/mol. The van der Waals surface area contributed by atoms with Gasteiger partial charge < -0.3 is 8.83 Å². The fourth-order valence-corrected chi connectivity index (χ4v) is 5.17. The van der Waals surface area contributed by atoms with Gasteiger partial charge in [0.15, 0.2) is 17.1 Å². The quantitative estimate of drug-likeness (QED) is 0.211. The van der Waals surface area contributed by atoms with E-state index in [-0.39, 0.29) is 34.0 Å². The summed E-state index contributed by atoms with van der Waals surface area (Å²) in [6.45, 7) is 3.38. The Morgan fingerprint density at radius 2 is 1.18 bits per heavy atom. The van der Waals surface area contributed by atoms with Crippen molar-refractivity contribution in [1.82, 2.24) is 9.97 Å². The van der Waals surface area contributed by atoms with E-state index >= 15 is 0 Å². The molecule has 4 nitrogen and oxygen atoms in total. The van der Waals surface area contributed by atoms with Gasteiger partial charge in [0.05, 0.1) is 0 Å². The van der Waals surface area contributed by atoms with E-state index in [1.165, 1.54) is 6.92 Å². The maximum Gasteiger partial charge on any atom is 0.411 e. The van der Waals surface area contributed by atoms with Gasteiger partial charge in [-0.05, 0) is 64.7 Å². The predicted octanol–water partition coefficient (Wildman–Crippen LogP) is 8.82. The number of fused-ring (bicyclic) bond motifs is 3. The smallest absolute Gasteiger partial charge is 0.411 e. The standard InChI is InChI=1S/C29H18F6N2O2/c1-15-7-10-21(20-6-4-3-5-19(15)20)26-37-23-14-18(9-12-25(23)39-26)27(28(30,31)32,29(33,34)35)17-8-11-24-22(13-17)36-16(2)38-24/h3-14H,1-2H3. The van der Waals surface area contributed by atoms with Gasteiger partial charge in [0, 0.05) is 12.5 Å². The van der Waals surface area contributed by atoms with E-state index < -0.39 is 28.9 Å². The van der Waals surface area contributed by atoms with E-state index in [2.05, 4.69) is 9.97 Å². The average Bonchev–Trinajstić information content (AvgIpc) is 3.45. The van der Waals surface area contributed by atoms with Crippen LogP contribution in [0.2, 0.25) is 0 Å². The van der Waals surface area contributed by atoms with Crippen molar-refractivity contribution in [3.8, 4) is 11.5 Å². The van der Waals surface area contributed by atoms with E-state index in [1.54, 1.807) is 6.07 Å². The van der Waals surface area contributed by atoms with Gasteiger partial charge in [-0.25, -0.2) is 9.97 Å². The third kappa shape index (κ3) is 3.69. The minimum Gasteiger partial charge on any atom is -0.441 e. The molecule has 0 radical (unpaired) electrons. The Balaban J connectivity index is 1.59. The van der Waals surface area contributed by atoms with Gasteiger partial charge >= 0.3 is 12.4 Å². The molecular formula is C29H18F6N2O2. The molecule has 10 heteroatoms. The van der Waals surface area contributed by atoms with Crippen molar-refractivity contribution in [2.75, 3.05) is 0 Å². The first-order valence-corrected chi connectivity index (χ1v) is 11.8. The molecule has 0 atom stereocenters. The van der Waals surface area contributed by atoms with Crippen LogP contribution >= 0.6 is 0 Å². The first kappa shape index (κ1) is 25.0. The van der Waals surface area contributed by atoms with Gasteiger partial charge in [-0.2, -0.15) is 26.3 Å². The van der Waals surface area contributed by atoms with Crippen LogP contribution in [0.15, 0.2) is 81.6 Å². The van der Waals surface area contributed by atoms with E-state index in [0.717, 1.165) is 52.7 Å². The molecule has 198 valence electrons. The minimum absolute atomic E-state index is 0.0548. The van der Waals surface area contributed by atoms with Crippen LogP contribution in [0.3, 0.4) is 0 Å². The zero-order valence-corrected chi connectivity index (χ0v) is 20.4. The Morgan fingerprint density at radius 3 is 1.79 bits per heavy atom. The second kappa shape index (κ2) is 8.33. The van der Waals surface area contributed by atoms with Crippen LogP contribution < -0.4 is 0 Å². The summed E-state index contributed by atoms with van der Waals surface area (Å²) < 4.78 is 99.4. The van der Waals surface area contributed by atoms with Crippen LogP contribution in [0.5, 0.6) is 0 Å². The molecule has 0 saturated carbocycles. The van der Waals surface area contributed by atoms with Crippen molar-refractivity contribution in [3.63, 3.8) is 0 Å². The van der Waals surface area contributed by atoms with Crippen molar-refractivity contribution in [2.24, 2.45) is 0 Å². The molecule has 6 rings (SSSR count). The molecule has 0 aliphatic carbocycles. The van der Waals surface area contributed by atoms with Crippen LogP contribution in [0.25, 0.3) is 44.4 Å². The lowest BCUT2D eigenvalue weighted by molar-refractivity contribution is -0.288. The van der Waals surface area contributed by atoms with Crippen molar-refractivity contribution >= 4 is 33.0 Å². The Kier molecular flexibility index (Phi) is 5.33. The Bertz CT molecular complexity index is 1870. The normalized spacial score (nSPS) is 13.1. The number of alkyl halides is 6. The molecule has 0 spiro atoms. The molecule has 0 aliphatic rings. The number of benzene rings is 4. The van der Waals surface area contributed by atoms with Crippen LogP contribution in [0.1, 0.15) is 22.6 Å². The van der Waals surface area contributed by atoms with E-state index in [4.69, 9.17) is 8.83 Å². The molecule has 6 aromatic rings. The molecule has 2 heterocycles. The third-order valence-electron chi connectivity index (χ3n) is 6.97. The topological polar surface area (TPSA) is 52.1 Å². The lowest BCUT2D eigenvalue weighted by Crippen LogP contribution is -2.54.